The van der Waals surface area contributed by atoms with Crippen molar-refractivity contribution in [1.29, 1.82) is 0 Å². The Morgan fingerprint density at radius 2 is 2.10 bits per heavy atom. The molecule has 0 saturated heterocycles. The SMILES string of the molecule is CCn1nc(C)c(Cl)c1Cn1ccc(CNC(C)C)n1. The maximum Gasteiger partial charge on any atom is 0.0866 e. The smallest absolute Gasteiger partial charge is 0.0866 e. The molecule has 0 unspecified atom stereocenters. The standard InChI is InChI=1S/C14H22ClN5/c1-5-20-13(14(15)11(4)17-20)9-19-7-6-12(18-19)8-16-10(2)3/h6-7,10,16H,5,8-9H2,1-4H3. The lowest BCUT2D eigenvalue weighted by Gasteiger charge is -2.07. The molecule has 1 N–H and O–H groups in total. The number of hydrogen-bond donors (Lipinski definition) is 1. The quantitative estimate of drug-likeness (QED) is 0.891. The van der Waals surface area contributed by atoms with Gasteiger partial charge in [0, 0.05) is 25.3 Å². The molecule has 0 atom stereocenters. The molecule has 0 spiro atoms. The van der Waals surface area contributed by atoms with Crippen LogP contribution in [0.2, 0.25) is 5.02 Å². The fourth-order valence-corrected chi connectivity index (χ4v) is 2.26. The largest absolute Gasteiger partial charge is 0.309 e. The van der Waals surface area contributed by atoms with Crippen LogP contribution in [0.1, 0.15) is 37.9 Å². The zero-order valence-electron chi connectivity index (χ0n) is 12.5. The van der Waals surface area contributed by atoms with Crippen LogP contribution in [0.25, 0.3) is 0 Å². The van der Waals surface area contributed by atoms with E-state index in [-0.39, 0.29) is 0 Å². The van der Waals surface area contributed by atoms with Gasteiger partial charge in [0.15, 0.2) is 0 Å². The predicted molar refractivity (Wildman–Crippen MR) is 81.0 cm³/mol. The summed E-state index contributed by atoms with van der Waals surface area (Å²) in [7, 11) is 0. The normalized spacial score (nSPS) is 11.5. The Hall–Kier alpha value is -1.33. The van der Waals surface area contributed by atoms with Gasteiger partial charge < -0.3 is 5.32 Å². The van der Waals surface area contributed by atoms with E-state index in [2.05, 4.69) is 36.3 Å². The summed E-state index contributed by atoms with van der Waals surface area (Å²) in [5.74, 6) is 0. The van der Waals surface area contributed by atoms with E-state index >= 15 is 0 Å². The average molecular weight is 296 g/mol. The van der Waals surface area contributed by atoms with Crippen molar-refractivity contribution in [1.82, 2.24) is 24.9 Å². The Balaban J connectivity index is 2.10. The van der Waals surface area contributed by atoms with Gasteiger partial charge in [0.2, 0.25) is 0 Å². The Bertz CT molecular complexity index is 570. The summed E-state index contributed by atoms with van der Waals surface area (Å²) in [5.41, 5.74) is 2.92. The summed E-state index contributed by atoms with van der Waals surface area (Å²) in [6.45, 7) is 10.5. The van der Waals surface area contributed by atoms with Crippen molar-refractivity contribution in [2.45, 2.75) is 53.4 Å². The molecule has 2 rings (SSSR count). The highest BCUT2D eigenvalue weighted by Gasteiger charge is 2.13. The van der Waals surface area contributed by atoms with E-state index in [0.29, 0.717) is 12.6 Å². The third-order valence-electron chi connectivity index (χ3n) is 3.15. The van der Waals surface area contributed by atoms with Gasteiger partial charge in [0.1, 0.15) is 0 Å². The summed E-state index contributed by atoms with van der Waals surface area (Å²) >= 11 is 6.32. The number of nitrogens with zero attached hydrogens (tertiary/aromatic N) is 4. The molecule has 0 saturated carbocycles. The second-order valence-electron chi connectivity index (χ2n) is 5.20. The number of halogens is 1. The highest BCUT2D eigenvalue weighted by molar-refractivity contribution is 6.31. The average Bonchev–Trinajstić information content (AvgIpc) is 2.96. The lowest BCUT2D eigenvalue weighted by Crippen LogP contribution is -2.22. The monoisotopic (exact) mass is 295 g/mol. The third-order valence-corrected chi connectivity index (χ3v) is 3.64. The van der Waals surface area contributed by atoms with Crippen molar-refractivity contribution < 1.29 is 0 Å². The maximum absolute atomic E-state index is 6.32. The summed E-state index contributed by atoms with van der Waals surface area (Å²) in [5, 5.41) is 13.1. The van der Waals surface area contributed by atoms with Crippen molar-refractivity contribution in [3.63, 3.8) is 0 Å². The third kappa shape index (κ3) is 3.41. The van der Waals surface area contributed by atoms with Crippen LogP contribution in [0.5, 0.6) is 0 Å². The first-order chi connectivity index (χ1) is 9.51. The van der Waals surface area contributed by atoms with Gasteiger partial charge in [-0.15, -0.1) is 0 Å². The molecule has 6 heteroatoms. The predicted octanol–water partition coefficient (Wildman–Crippen LogP) is 2.61. The van der Waals surface area contributed by atoms with E-state index in [1.54, 1.807) is 0 Å². The van der Waals surface area contributed by atoms with Crippen molar-refractivity contribution in [3.8, 4) is 0 Å². The van der Waals surface area contributed by atoms with Gasteiger partial charge in [-0.25, -0.2) is 0 Å². The van der Waals surface area contributed by atoms with Crippen molar-refractivity contribution in [3.05, 3.63) is 34.4 Å². The van der Waals surface area contributed by atoms with Gasteiger partial charge in [-0.3, -0.25) is 9.36 Å². The van der Waals surface area contributed by atoms with Crippen molar-refractivity contribution in [2.24, 2.45) is 0 Å². The molecular formula is C14H22ClN5. The lowest BCUT2D eigenvalue weighted by molar-refractivity contribution is 0.553. The summed E-state index contributed by atoms with van der Waals surface area (Å²) in [6.07, 6.45) is 1.98. The summed E-state index contributed by atoms with van der Waals surface area (Å²) in [6, 6.07) is 2.49. The molecule has 5 nitrogen and oxygen atoms in total. The van der Waals surface area contributed by atoms with E-state index in [0.717, 1.165) is 35.2 Å². The molecule has 110 valence electrons. The number of aryl methyl sites for hydroxylation is 2. The van der Waals surface area contributed by atoms with Crippen LogP contribution in [-0.4, -0.2) is 25.6 Å². The van der Waals surface area contributed by atoms with Gasteiger partial charge in [-0.2, -0.15) is 10.2 Å². The van der Waals surface area contributed by atoms with Crippen LogP contribution in [0.3, 0.4) is 0 Å². The fraction of sp³-hybridized carbons (Fsp3) is 0.571. The first-order valence-electron chi connectivity index (χ1n) is 6.98. The zero-order valence-corrected chi connectivity index (χ0v) is 13.3. The molecule has 0 aliphatic heterocycles. The van der Waals surface area contributed by atoms with Gasteiger partial charge in [-0.1, -0.05) is 25.4 Å². The Morgan fingerprint density at radius 3 is 2.75 bits per heavy atom. The molecule has 2 aromatic rings. The van der Waals surface area contributed by atoms with Crippen LogP contribution in [-0.2, 0) is 19.6 Å². The minimum atomic E-state index is 0.457. The van der Waals surface area contributed by atoms with Crippen LogP contribution < -0.4 is 5.32 Å². The molecule has 2 aromatic heterocycles. The second-order valence-corrected chi connectivity index (χ2v) is 5.58. The molecule has 0 aromatic carbocycles. The first-order valence-corrected chi connectivity index (χ1v) is 7.36. The minimum Gasteiger partial charge on any atom is -0.309 e. The first kappa shape index (κ1) is 15.1. The van der Waals surface area contributed by atoms with E-state index in [9.17, 15) is 0 Å². The zero-order chi connectivity index (χ0) is 14.7. The molecule has 0 amide bonds. The number of rotatable bonds is 6. The van der Waals surface area contributed by atoms with E-state index in [1.807, 2.05) is 28.6 Å². The molecule has 0 radical (unpaired) electrons. The lowest BCUT2D eigenvalue weighted by atomic mass is 10.3. The van der Waals surface area contributed by atoms with E-state index < -0.39 is 0 Å². The molecule has 0 bridgehead atoms. The molecular weight excluding hydrogens is 274 g/mol. The number of aromatic nitrogens is 4. The highest BCUT2D eigenvalue weighted by Crippen LogP contribution is 2.21. The van der Waals surface area contributed by atoms with Crippen molar-refractivity contribution in [2.75, 3.05) is 0 Å². The van der Waals surface area contributed by atoms with Gasteiger partial charge >= 0.3 is 0 Å². The van der Waals surface area contributed by atoms with Gasteiger partial charge in [0.25, 0.3) is 0 Å². The van der Waals surface area contributed by atoms with E-state index in [4.69, 9.17) is 11.6 Å². The highest BCUT2D eigenvalue weighted by atomic mass is 35.5. The summed E-state index contributed by atoms with van der Waals surface area (Å²) in [4.78, 5) is 0. The Morgan fingerprint density at radius 1 is 1.35 bits per heavy atom. The van der Waals surface area contributed by atoms with Crippen LogP contribution in [0.15, 0.2) is 12.3 Å². The van der Waals surface area contributed by atoms with Crippen LogP contribution in [0, 0.1) is 6.92 Å². The molecule has 0 aliphatic rings. The molecule has 20 heavy (non-hydrogen) atoms. The van der Waals surface area contributed by atoms with Crippen LogP contribution in [0.4, 0.5) is 0 Å². The molecule has 0 aliphatic carbocycles. The van der Waals surface area contributed by atoms with Crippen molar-refractivity contribution >= 4 is 11.6 Å². The van der Waals surface area contributed by atoms with Gasteiger partial charge in [0.05, 0.1) is 28.6 Å². The maximum atomic E-state index is 6.32. The molecule has 0 fully saturated rings. The number of nitrogens with one attached hydrogen (secondary N) is 1. The van der Waals surface area contributed by atoms with E-state index in [1.165, 1.54) is 0 Å². The summed E-state index contributed by atoms with van der Waals surface area (Å²) < 4.78 is 3.84. The minimum absolute atomic E-state index is 0.457. The van der Waals surface area contributed by atoms with Gasteiger partial charge in [-0.05, 0) is 19.9 Å². The van der Waals surface area contributed by atoms with Crippen LogP contribution >= 0.6 is 11.6 Å². The topological polar surface area (TPSA) is 47.7 Å². The fourth-order valence-electron chi connectivity index (χ4n) is 2.07. The number of hydrogen-bond acceptors (Lipinski definition) is 3. The second kappa shape index (κ2) is 6.41. The Kier molecular flexibility index (Phi) is 4.83. The Labute approximate surface area is 124 Å². The molecule has 2 heterocycles.